The Labute approximate surface area is 122 Å². The number of benzene rings is 3. The monoisotopic (exact) mass is 281 g/mol. The molecule has 3 aromatic carbocycles. The van der Waals surface area contributed by atoms with E-state index in [1.807, 2.05) is 48.5 Å². The summed E-state index contributed by atoms with van der Waals surface area (Å²) in [4.78, 5) is 4.34. The minimum absolute atomic E-state index is 0.251. The molecule has 0 saturated heterocycles. The molecule has 0 amide bonds. The Morgan fingerprint density at radius 3 is 2.45 bits per heavy atom. The van der Waals surface area contributed by atoms with Crippen LogP contribution < -0.4 is 0 Å². The Kier molecular flexibility index (Phi) is 3.40. The van der Waals surface area contributed by atoms with E-state index in [9.17, 15) is 5.11 Å². The molecule has 98 valence electrons. The number of aromatic hydroxyl groups is 1. The Balaban J connectivity index is 1.98. The van der Waals surface area contributed by atoms with Crippen LogP contribution in [0.4, 0.5) is 5.69 Å². The number of phenols is 1. The second kappa shape index (κ2) is 5.35. The average Bonchev–Trinajstić information content (AvgIpc) is 2.49. The van der Waals surface area contributed by atoms with Gasteiger partial charge in [-0.3, -0.25) is 4.99 Å². The van der Waals surface area contributed by atoms with Crippen LogP contribution in [0.25, 0.3) is 10.8 Å². The summed E-state index contributed by atoms with van der Waals surface area (Å²) in [7, 11) is 0. The van der Waals surface area contributed by atoms with Gasteiger partial charge < -0.3 is 5.11 Å². The maximum absolute atomic E-state index is 10.3. The maximum Gasteiger partial charge on any atom is 0.132 e. The fourth-order valence-corrected chi connectivity index (χ4v) is 2.17. The van der Waals surface area contributed by atoms with Crippen molar-refractivity contribution in [2.45, 2.75) is 0 Å². The Bertz CT molecular complexity index is 779. The van der Waals surface area contributed by atoms with E-state index < -0.39 is 0 Å². The summed E-state index contributed by atoms with van der Waals surface area (Å²) in [5.74, 6) is 0.251. The second-order valence-electron chi connectivity index (χ2n) is 4.46. The fraction of sp³-hybridized carbons (Fsp3) is 0. The Hall–Kier alpha value is -2.32. The highest BCUT2D eigenvalue weighted by atomic mass is 35.5. The van der Waals surface area contributed by atoms with Gasteiger partial charge in [0.2, 0.25) is 0 Å². The van der Waals surface area contributed by atoms with Gasteiger partial charge in [0.05, 0.1) is 5.69 Å². The zero-order chi connectivity index (χ0) is 13.9. The molecule has 0 aliphatic carbocycles. The van der Waals surface area contributed by atoms with Crippen LogP contribution in [0.1, 0.15) is 5.56 Å². The molecule has 0 heterocycles. The van der Waals surface area contributed by atoms with Crippen molar-refractivity contribution < 1.29 is 5.11 Å². The van der Waals surface area contributed by atoms with E-state index in [0.717, 1.165) is 16.5 Å². The highest BCUT2D eigenvalue weighted by Crippen LogP contribution is 2.28. The van der Waals surface area contributed by atoms with Crippen molar-refractivity contribution in [1.29, 1.82) is 0 Å². The molecule has 0 aliphatic rings. The first kappa shape index (κ1) is 12.7. The van der Waals surface area contributed by atoms with Crippen LogP contribution in [0.3, 0.4) is 0 Å². The average molecular weight is 282 g/mol. The van der Waals surface area contributed by atoms with E-state index in [0.29, 0.717) is 10.6 Å². The highest BCUT2D eigenvalue weighted by molar-refractivity contribution is 6.30. The fourth-order valence-electron chi connectivity index (χ4n) is 2.05. The molecule has 3 rings (SSSR count). The third-order valence-corrected chi connectivity index (χ3v) is 3.36. The van der Waals surface area contributed by atoms with Crippen molar-refractivity contribution in [3.63, 3.8) is 0 Å². The van der Waals surface area contributed by atoms with Crippen molar-refractivity contribution in [2.24, 2.45) is 4.99 Å². The number of phenolic OH excluding ortho intramolecular Hbond substituents is 1. The molecular formula is C17H12ClNO. The molecule has 0 aromatic heterocycles. The molecular weight excluding hydrogens is 270 g/mol. The minimum atomic E-state index is 0.251. The molecule has 0 spiro atoms. The van der Waals surface area contributed by atoms with Crippen LogP contribution in [0.15, 0.2) is 65.7 Å². The molecule has 0 atom stereocenters. The van der Waals surface area contributed by atoms with Crippen molar-refractivity contribution >= 4 is 34.3 Å². The number of nitrogens with zero attached hydrogens (tertiary/aromatic N) is 1. The second-order valence-corrected chi connectivity index (χ2v) is 4.90. The van der Waals surface area contributed by atoms with Crippen LogP contribution in [-0.4, -0.2) is 11.3 Å². The molecule has 2 nitrogen and oxygen atoms in total. The van der Waals surface area contributed by atoms with E-state index in [-0.39, 0.29) is 5.75 Å². The predicted octanol–water partition coefficient (Wildman–Crippen LogP) is 4.95. The summed E-state index contributed by atoms with van der Waals surface area (Å²) in [5, 5.41) is 12.8. The van der Waals surface area contributed by atoms with Crippen molar-refractivity contribution in [3.05, 3.63) is 71.2 Å². The third-order valence-electron chi connectivity index (χ3n) is 3.11. The molecule has 0 fully saturated rings. The Morgan fingerprint density at radius 1 is 0.900 bits per heavy atom. The summed E-state index contributed by atoms with van der Waals surface area (Å²) in [6, 6.07) is 18.8. The first-order valence-electron chi connectivity index (χ1n) is 6.24. The first-order chi connectivity index (χ1) is 9.74. The smallest absolute Gasteiger partial charge is 0.132 e. The summed E-state index contributed by atoms with van der Waals surface area (Å²) in [5.41, 5.74) is 1.49. The number of halogens is 1. The SMILES string of the molecule is Oc1c(C=Nc2ccc(Cl)cc2)ccc2ccccc12. The van der Waals surface area contributed by atoms with E-state index in [2.05, 4.69) is 4.99 Å². The van der Waals surface area contributed by atoms with Gasteiger partial charge in [0.25, 0.3) is 0 Å². The number of aliphatic imine (C=N–C) groups is 1. The van der Waals surface area contributed by atoms with Crippen LogP contribution >= 0.6 is 11.6 Å². The standard InChI is InChI=1S/C17H12ClNO/c18-14-7-9-15(10-8-14)19-11-13-6-5-12-3-1-2-4-16(12)17(13)20/h1-11,20H. The van der Waals surface area contributed by atoms with Gasteiger partial charge in [-0.05, 0) is 35.7 Å². The van der Waals surface area contributed by atoms with Crippen LogP contribution in [0.5, 0.6) is 5.75 Å². The van der Waals surface area contributed by atoms with Gasteiger partial charge in [-0.1, -0.05) is 41.9 Å². The quantitative estimate of drug-likeness (QED) is 0.662. The Morgan fingerprint density at radius 2 is 1.65 bits per heavy atom. The molecule has 3 aromatic rings. The van der Waals surface area contributed by atoms with Gasteiger partial charge >= 0.3 is 0 Å². The van der Waals surface area contributed by atoms with Gasteiger partial charge in [-0.2, -0.15) is 0 Å². The van der Waals surface area contributed by atoms with Crippen molar-refractivity contribution in [3.8, 4) is 5.75 Å². The third kappa shape index (κ3) is 2.51. The number of hydrogen-bond acceptors (Lipinski definition) is 2. The number of hydrogen-bond donors (Lipinski definition) is 1. The molecule has 20 heavy (non-hydrogen) atoms. The van der Waals surface area contributed by atoms with Gasteiger partial charge in [0.15, 0.2) is 0 Å². The first-order valence-corrected chi connectivity index (χ1v) is 6.62. The van der Waals surface area contributed by atoms with Crippen LogP contribution in [-0.2, 0) is 0 Å². The molecule has 0 unspecified atom stereocenters. The largest absolute Gasteiger partial charge is 0.507 e. The topological polar surface area (TPSA) is 32.6 Å². The lowest BCUT2D eigenvalue weighted by Gasteiger charge is -2.04. The van der Waals surface area contributed by atoms with Gasteiger partial charge in [0, 0.05) is 22.2 Å². The van der Waals surface area contributed by atoms with Crippen LogP contribution in [0, 0.1) is 0 Å². The van der Waals surface area contributed by atoms with E-state index in [4.69, 9.17) is 11.6 Å². The molecule has 0 bridgehead atoms. The number of fused-ring (bicyclic) bond motifs is 1. The minimum Gasteiger partial charge on any atom is -0.507 e. The lowest BCUT2D eigenvalue weighted by Crippen LogP contribution is -1.84. The maximum atomic E-state index is 10.3. The van der Waals surface area contributed by atoms with E-state index in [1.165, 1.54) is 0 Å². The molecule has 0 saturated carbocycles. The van der Waals surface area contributed by atoms with Crippen LogP contribution in [0.2, 0.25) is 5.02 Å². The lowest BCUT2D eigenvalue weighted by atomic mass is 10.1. The zero-order valence-corrected chi connectivity index (χ0v) is 11.4. The normalized spacial score (nSPS) is 11.2. The van der Waals surface area contributed by atoms with Crippen molar-refractivity contribution in [2.75, 3.05) is 0 Å². The number of rotatable bonds is 2. The summed E-state index contributed by atoms with van der Waals surface area (Å²) >= 11 is 5.83. The van der Waals surface area contributed by atoms with Gasteiger partial charge in [0.1, 0.15) is 5.75 Å². The molecule has 3 heteroatoms. The van der Waals surface area contributed by atoms with Gasteiger partial charge in [-0.25, -0.2) is 0 Å². The summed E-state index contributed by atoms with van der Waals surface area (Å²) < 4.78 is 0. The lowest BCUT2D eigenvalue weighted by molar-refractivity contribution is 0.481. The summed E-state index contributed by atoms with van der Waals surface area (Å²) in [6.45, 7) is 0. The van der Waals surface area contributed by atoms with E-state index in [1.54, 1.807) is 18.3 Å². The molecule has 0 radical (unpaired) electrons. The van der Waals surface area contributed by atoms with E-state index >= 15 is 0 Å². The predicted molar refractivity (Wildman–Crippen MR) is 84.3 cm³/mol. The molecule has 0 aliphatic heterocycles. The van der Waals surface area contributed by atoms with Crippen molar-refractivity contribution in [1.82, 2.24) is 0 Å². The zero-order valence-electron chi connectivity index (χ0n) is 10.6. The molecule has 1 N–H and O–H groups in total. The van der Waals surface area contributed by atoms with Gasteiger partial charge in [-0.15, -0.1) is 0 Å². The summed E-state index contributed by atoms with van der Waals surface area (Å²) in [6.07, 6.45) is 1.66. The highest BCUT2D eigenvalue weighted by Gasteiger charge is 2.03.